The zero-order chi connectivity index (χ0) is 34.0. The Balaban J connectivity index is 0.00000185. The van der Waals surface area contributed by atoms with Gasteiger partial charge in [0.2, 0.25) is 11.7 Å². The van der Waals surface area contributed by atoms with E-state index < -0.39 is 41.5 Å². The second-order valence-corrected chi connectivity index (χ2v) is 10.5. The number of aliphatic hydroxyl groups is 1. The van der Waals surface area contributed by atoms with Crippen LogP contribution in [0.5, 0.6) is 5.75 Å². The number of carbonyl (C=O) groups excluding carboxylic acids is 3. The Hall–Kier alpha value is -5.40. The fourth-order valence-corrected chi connectivity index (χ4v) is 4.70. The van der Waals surface area contributed by atoms with E-state index in [4.69, 9.17) is 19.9 Å². The number of aromatic nitrogens is 2. The summed E-state index contributed by atoms with van der Waals surface area (Å²) in [4.78, 5) is 50.3. The van der Waals surface area contributed by atoms with Gasteiger partial charge in [0.05, 0.1) is 23.5 Å². The van der Waals surface area contributed by atoms with Crippen LogP contribution in [0.15, 0.2) is 36.5 Å². The van der Waals surface area contributed by atoms with Crippen LogP contribution in [-0.2, 0) is 16.6 Å². The standard InChI is InChI=1S/C29H31F2N7O5.CH2O2/c1-16-12-17(4-5-18(16)26(39)33-9-10-34-27(40)20-13-29(2,42)15-36-20)37-28(41)25-35-14-21(38(25)3)19-6-7-22(43-11-8-32)24(31)23(19)30;2-1-3/h4-7,12,14,20,36,42H,9-11,13,15H2,1-3H3,(H,33,39)(H,34,40)(H,37,41);1H,(H,2,3)/t20-,29-;/m1./s1. The summed E-state index contributed by atoms with van der Waals surface area (Å²) in [5.41, 5.74) is 0.393. The second-order valence-electron chi connectivity index (χ2n) is 10.5. The fraction of sp³-hybridized carbons (Fsp3) is 0.333. The number of benzene rings is 2. The molecule has 3 amide bonds. The topological polar surface area (TPSA) is 208 Å². The van der Waals surface area contributed by atoms with Gasteiger partial charge in [-0.25, -0.2) is 9.37 Å². The molecular weight excluding hydrogens is 608 g/mol. The molecule has 0 unspecified atom stereocenters. The molecule has 3 aromatic rings. The SMILES string of the molecule is Cc1cc(NC(=O)c2ncc(-c3ccc(OCC#N)c(F)c3F)n2C)ccc1C(=O)NCCNC(=O)[C@H]1C[C@@](C)(O)CN1.O=CO. The molecule has 244 valence electrons. The van der Waals surface area contributed by atoms with Crippen molar-refractivity contribution in [1.29, 1.82) is 5.26 Å². The van der Waals surface area contributed by atoms with E-state index in [1.54, 1.807) is 32.0 Å². The highest BCUT2D eigenvalue weighted by molar-refractivity contribution is 6.03. The third-order valence-electron chi connectivity index (χ3n) is 6.93. The highest BCUT2D eigenvalue weighted by Crippen LogP contribution is 2.30. The number of amides is 3. The summed E-state index contributed by atoms with van der Waals surface area (Å²) in [6.45, 7) is 3.39. The van der Waals surface area contributed by atoms with Crippen LogP contribution in [-0.4, -0.2) is 81.8 Å². The van der Waals surface area contributed by atoms with Gasteiger partial charge in [0.1, 0.15) is 6.07 Å². The summed E-state index contributed by atoms with van der Waals surface area (Å²) < 4.78 is 35.3. The molecule has 0 spiro atoms. The number of β-amino-alcohol motifs (C(OH)–C–C–N with tert-alkyl or cyclic N) is 1. The molecule has 0 bridgehead atoms. The Morgan fingerprint density at radius 2 is 1.89 bits per heavy atom. The summed E-state index contributed by atoms with van der Waals surface area (Å²) in [6.07, 6.45) is 1.54. The number of ether oxygens (including phenoxy) is 1. The third-order valence-corrected chi connectivity index (χ3v) is 6.93. The summed E-state index contributed by atoms with van der Waals surface area (Å²) >= 11 is 0. The maximum atomic E-state index is 14.7. The average Bonchev–Trinajstić information content (AvgIpc) is 3.57. The lowest BCUT2D eigenvalue weighted by atomic mass is 10.0. The molecule has 0 saturated carbocycles. The Morgan fingerprint density at radius 3 is 2.52 bits per heavy atom. The lowest BCUT2D eigenvalue weighted by Crippen LogP contribution is -2.43. The van der Waals surface area contributed by atoms with Crippen LogP contribution in [0.3, 0.4) is 0 Å². The lowest BCUT2D eigenvalue weighted by Gasteiger charge is -2.15. The van der Waals surface area contributed by atoms with E-state index in [-0.39, 0.29) is 48.5 Å². The molecule has 46 heavy (non-hydrogen) atoms. The van der Waals surface area contributed by atoms with Crippen molar-refractivity contribution < 1.29 is 42.9 Å². The van der Waals surface area contributed by atoms with Crippen LogP contribution in [0.4, 0.5) is 14.5 Å². The molecule has 4 rings (SSSR count). The Kier molecular flexibility index (Phi) is 11.9. The van der Waals surface area contributed by atoms with Crippen LogP contribution < -0.4 is 26.0 Å². The minimum atomic E-state index is -1.26. The smallest absolute Gasteiger partial charge is 0.291 e. The van der Waals surface area contributed by atoms with Crippen molar-refractivity contribution in [2.75, 3.05) is 31.6 Å². The molecule has 2 aromatic carbocycles. The van der Waals surface area contributed by atoms with E-state index in [9.17, 15) is 28.3 Å². The van der Waals surface area contributed by atoms with Gasteiger partial charge in [-0.3, -0.25) is 19.2 Å². The zero-order valence-electron chi connectivity index (χ0n) is 25.2. The molecule has 1 fully saturated rings. The first-order chi connectivity index (χ1) is 21.8. The van der Waals surface area contributed by atoms with Crippen LogP contribution in [0.2, 0.25) is 0 Å². The van der Waals surface area contributed by atoms with Gasteiger partial charge >= 0.3 is 0 Å². The number of nitriles is 1. The van der Waals surface area contributed by atoms with Crippen LogP contribution in [0, 0.1) is 29.9 Å². The number of halogens is 2. The molecule has 0 radical (unpaired) electrons. The number of imidazole rings is 1. The van der Waals surface area contributed by atoms with Crippen molar-refractivity contribution in [2.45, 2.75) is 31.9 Å². The van der Waals surface area contributed by atoms with Gasteiger partial charge in [-0.1, -0.05) is 0 Å². The van der Waals surface area contributed by atoms with Gasteiger partial charge < -0.3 is 40.8 Å². The highest BCUT2D eigenvalue weighted by atomic mass is 19.2. The van der Waals surface area contributed by atoms with E-state index in [1.165, 1.54) is 36.0 Å². The largest absolute Gasteiger partial charge is 0.483 e. The number of hydrogen-bond acceptors (Lipinski definition) is 9. The molecule has 1 aliphatic rings. The van der Waals surface area contributed by atoms with Crippen LogP contribution >= 0.6 is 0 Å². The summed E-state index contributed by atoms with van der Waals surface area (Å²) in [5, 5.41) is 36.5. The molecular formula is C30H33F2N7O7. The Bertz CT molecular complexity index is 1650. The third kappa shape index (κ3) is 8.61. The van der Waals surface area contributed by atoms with Gasteiger partial charge in [0, 0.05) is 49.9 Å². The molecule has 2 heterocycles. The van der Waals surface area contributed by atoms with Crippen LogP contribution in [0.25, 0.3) is 11.3 Å². The molecule has 14 nitrogen and oxygen atoms in total. The minimum Gasteiger partial charge on any atom is -0.483 e. The number of carboxylic acid groups (broad SMARTS) is 1. The van der Waals surface area contributed by atoms with Crippen LogP contribution in [0.1, 0.15) is 39.9 Å². The lowest BCUT2D eigenvalue weighted by molar-refractivity contribution is -0.123. The summed E-state index contributed by atoms with van der Waals surface area (Å²) in [7, 11) is 1.48. The molecule has 16 heteroatoms. The first kappa shape index (κ1) is 35.1. The number of rotatable bonds is 10. The predicted octanol–water partition coefficient (Wildman–Crippen LogP) is 1.49. The summed E-state index contributed by atoms with van der Waals surface area (Å²) in [5.74, 6) is -4.18. The predicted molar refractivity (Wildman–Crippen MR) is 160 cm³/mol. The van der Waals surface area contributed by atoms with Crippen molar-refractivity contribution in [3.05, 3.63) is 65.1 Å². The van der Waals surface area contributed by atoms with Crippen molar-refractivity contribution in [1.82, 2.24) is 25.5 Å². The molecule has 1 saturated heterocycles. The fourth-order valence-electron chi connectivity index (χ4n) is 4.70. The number of carbonyl (C=O) groups is 4. The first-order valence-electron chi connectivity index (χ1n) is 13.8. The van der Waals surface area contributed by atoms with Gasteiger partial charge in [-0.05, 0) is 49.7 Å². The van der Waals surface area contributed by atoms with Gasteiger partial charge in [-0.15, -0.1) is 0 Å². The normalized spacial score (nSPS) is 16.8. The maximum absolute atomic E-state index is 14.7. The maximum Gasteiger partial charge on any atom is 0.291 e. The van der Waals surface area contributed by atoms with Crippen molar-refractivity contribution >= 4 is 29.9 Å². The number of hydrogen-bond donors (Lipinski definition) is 6. The molecule has 1 aromatic heterocycles. The quantitative estimate of drug-likeness (QED) is 0.139. The molecule has 1 aliphatic heterocycles. The van der Waals surface area contributed by atoms with Crippen molar-refractivity contribution in [3.8, 4) is 23.1 Å². The zero-order valence-corrected chi connectivity index (χ0v) is 25.2. The monoisotopic (exact) mass is 641 g/mol. The number of nitrogens with zero attached hydrogens (tertiary/aromatic N) is 3. The number of anilines is 1. The molecule has 0 aliphatic carbocycles. The molecule has 2 atom stereocenters. The number of aryl methyl sites for hydroxylation is 1. The minimum absolute atomic E-state index is 0.0717. The Labute approximate surface area is 262 Å². The summed E-state index contributed by atoms with van der Waals surface area (Å²) in [6, 6.07) is 8.33. The van der Waals surface area contributed by atoms with E-state index in [0.29, 0.717) is 29.8 Å². The average molecular weight is 642 g/mol. The van der Waals surface area contributed by atoms with Crippen molar-refractivity contribution in [2.24, 2.45) is 7.05 Å². The highest BCUT2D eigenvalue weighted by Gasteiger charge is 2.36. The van der Waals surface area contributed by atoms with Gasteiger partial charge in [0.25, 0.3) is 18.3 Å². The van der Waals surface area contributed by atoms with Crippen molar-refractivity contribution in [3.63, 3.8) is 0 Å². The van der Waals surface area contributed by atoms with Gasteiger partial charge in [0.15, 0.2) is 24.0 Å². The van der Waals surface area contributed by atoms with Gasteiger partial charge in [-0.2, -0.15) is 9.65 Å². The second kappa shape index (κ2) is 15.5. The first-order valence-corrected chi connectivity index (χ1v) is 13.8. The Morgan fingerprint density at radius 1 is 1.20 bits per heavy atom. The van der Waals surface area contributed by atoms with E-state index in [0.717, 1.165) is 0 Å². The number of nitrogens with one attached hydrogen (secondary N) is 4. The van der Waals surface area contributed by atoms with E-state index in [1.807, 2.05) is 0 Å². The van der Waals surface area contributed by atoms with E-state index in [2.05, 4.69) is 26.3 Å². The van der Waals surface area contributed by atoms with E-state index >= 15 is 0 Å². The molecule has 6 N–H and O–H groups in total.